The maximum absolute atomic E-state index is 11.7. The largest absolute Gasteiger partial charge is 0.351 e. The van der Waals surface area contributed by atoms with E-state index in [0.717, 1.165) is 11.3 Å². The number of hydrogen-bond donors (Lipinski definition) is 1. The fraction of sp³-hybridized carbons (Fsp3) is 0.0714. The second-order valence-electron chi connectivity index (χ2n) is 4.24. The number of rotatable bonds is 0. The van der Waals surface area contributed by atoms with Gasteiger partial charge in [-0.2, -0.15) is 5.11 Å². The molecule has 5 heteroatoms. The molecule has 1 aliphatic rings. The first-order valence-electron chi connectivity index (χ1n) is 5.91. The van der Waals surface area contributed by atoms with Crippen LogP contribution >= 0.6 is 0 Å². The van der Waals surface area contributed by atoms with Crippen LogP contribution in [-0.4, -0.2) is 6.03 Å². The first kappa shape index (κ1) is 11.4. The standard InChI is InChI=1S/C14H12N4O/c15-14(19)18-9-10-5-1-2-6-11(10)16-17-12-7-3-4-8-13(12)18/h1-8H,9H2,(H2,15,19). The van der Waals surface area contributed by atoms with E-state index in [2.05, 4.69) is 10.2 Å². The zero-order valence-electron chi connectivity index (χ0n) is 10.2. The number of amides is 2. The SMILES string of the molecule is NC(=O)N1Cc2ccccc2N=Nc2ccccc21. The molecule has 19 heavy (non-hydrogen) atoms. The molecule has 1 heterocycles. The molecule has 0 unspecified atom stereocenters. The lowest BCUT2D eigenvalue weighted by Gasteiger charge is -2.23. The molecule has 5 nitrogen and oxygen atoms in total. The predicted molar refractivity (Wildman–Crippen MR) is 72.8 cm³/mol. The molecule has 2 aromatic carbocycles. The van der Waals surface area contributed by atoms with Gasteiger partial charge < -0.3 is 5.73 Å². The summed E-state index contributed by atoms with van der Waals surface area (Å²) >= 11 is 0. The molecule has 0 aliphatic carbocycles. The molecule has 2 aromatic rings. The summed E-state index contributed by atoms with van der Waals surface area (Å²) in [5.74, 6) is 0. The molecule has 0 spiro atoms. The van der Waals surface area contributed by atoms with E-state index in [-0.39, 0.29) is 0 Å². The Morgan fingerprint density at radius 2 is 1.63 bits per heavy atom. The normalized spacial score (nSPS) is 13.2. The number of carbonyl (C=O) groups is 1. The quantitative estimate of drug-likeness (QED) is 0.765. The van der Waals surface area contributed by atoms with Gasteiger partial charge in [0.1, 0.15) is 5.69 Å². The van der Waals surface area contributed by atoms with Gasteiger partial charge in [0, 0.05) is 0 Å². The van der Waals surface area contributed by atoms with Gasteiger partial charge in [-0.3, -0.25) is 4.90 Å². The lowest BCUT2D eigenvalue weighted by Crippen LogP contribution is -2.35. The summed E-state index contributed by atoms with van der Waals surface area (Å²) in [6, 6.07) is 14.4. The number of primary amides is 1. The number of para-hydroxylation sites is 1. The van der Waals surface area contributed by atoms with E-state index in [1.165, 1.54) is 4.90 Å². The van der Waals surface area contributed by atoms with E-state index >= 15 is 0 Å². The van der Waals surface area contributed by atoms with Gasteiger partial charge in [0.05, 0.1) is 17.9 Å². The summed E-state index contributed by atoms with van der Waals surface area (Å²) in [4.78, 5) is 13.2. The van der Waals surface area contributed by atoms with Crippen molar-refractivity contribution in [3.8, 4) is 0 Å². The van der Waals surface area contributed by atoms with E-state index in [9.17, 15) is 4.79 Å². The minimum atomic E-state index is -0.501. The van der Waals surface area contributed by atoms with Crippen LogP contribution in [0.1, 0.15) is 5.56 Å². The minimum absolute atomic E-state index is 0.390. The molecule has 0 bridgehead atoms. The molecule has 94 valence electrons. The second kappa shape index (κ2) is 4.53. The van der Waals surface area contributed by atoms with Crippen molar-refractivity contribution in [1.29, 1.82) is 0 Å². The molecular formula is C14H12N4O. The Hall–Kier alpha value is -2.69. The van der Waals surface area contributed by atoms with Crippen LogP contribution in [0.25, 0.3) is 0 Å². The molecule has 0 aromatic heterocycles. The highest BCUT2D eigenvalue weighted by atomic mass is 16.2. The Bertz CT molecular complexity index is 666. The summed E-state index contributed by atoms with van der Waals surface area (Å²) in [7, 11) is 0. The summed E-state index contributed by atoms with van der Waals surface area (Å²) in [6.07, 6.45) is 0. The van der Waals surface area contributed by atoms with Crippen molar-refractivity contribution >= 4 is 23.1 Å². The Labute approximate surface area is 110 Å². The number of urea groups is 1. The van der Waals surface area contributed by atoms with Gasteiger partial charge in [0.2, 0.25) is 0 Å². The highest BCUT2D eigenvalue weighted by Gasteiger charge is 2.19. The smallest absolute Gasteiger partial charge is 0.319 e. The van der Waals surface area contributed by atoms with E-state index in [4.69, 9.17) is 5.73 Å². The number of nitrogens with zero attached hydrogens (tertiary/aromatic N) is 3. The molecule has 2 N–H and O–H groups in total. The van der Waals surface area contributed by atoms with Gasteiger partial charge in [-0.05, 0) is 23.8 Å². The summed E-state index contributed by atoms with van der Waals surface area (Å²) in [5, 5.41) is 8.42. The number of nitrogens with two attached hydrogens (primary N) is 1. The molecule has 3 rings (SSSR count). The van der Waals surface area contributed by atoms with Crippen LogP contribution < -0.4 is 10.6 Å². The fourth-order valence-corrected chi connectivity index (χ4v) is 2.08. The molecule has 0 fully saturated rings. The Morgan fingerprint density at radius 3 is 2.42 bits per heavy atom. The number of azo groups is 1. The number of anilines is 1. The first-order chi connectivity index (χ1) is 9.25. The van der Waals surface area contributed by atoms with E-state index < -0.39 is 6.03 Å². The van der Waals surface area contributed by atoms with Crippen LogP contribution in [-0.2, 0) is 6.54 Å². The van der Waals surface area contributed by atoms with Gasteiger partial charge >= 0.3 is 6.03 Å². The molecule has 1 aliphatic heterocycles. The Kier molecular flexibility index (Phi) is 2.72. The van der Waals surface area contributed by atoms with Crippen molar-refractivity contribution < 1.29 is 4.79 Å². The highest BCUT2D eigenvalue weighted by molar-refractivity contribution is 5.94. The third-order valence-electron chi connectivity index (χ3n) is 3.02. The fourth-order valence-electron chi connectivity index (χ4n) is 2.08. The molecule has 0 radical (unpaired) electrons. The second-order valence-corrected chi connectivity index (χ2v) is 4.24. The minimum Gasteiger partial charge on any atom is -0.351 e. The van der Waals surface area contributed by atoms with Gasteiger partial charge in [-0.1, -0.05) is 30.3 Å². The zero-order valence-corrected chi connectivity index (χ0v) is 10.2. The van der Waals surface area contributed by atoms with Crippen molar-refractivity contribution in [2.75, 3.05) is 4.90 Å². The van der Waals surface area contributed by atoms with Crippen molar-refractivity contribution in [3.63, 3.8) is 0 Å². The van der Waals surface area contributed by atoms with Crippen molar-refractivity contribution in [1.82, 2.24) is 0 Å². The van der Waals surface area contributed by atoms with Crippen LogP contribution in [0.4, 0.5) is 21.9 Å². The van der Waals surface area contributed by atoms with E-state index in [0.29, 0.717) is 17.9 Å². The Morgan fingerprint density at radius 1 is 1.00 bits per heavy atom. The first-order valence-corrected chi connectivity index (χ1v) is 5.91. The van der Waals surface area contributed by atoms with Crippen LogP contribution in [0.3, 0.4) is 0 Å². The van der Waals surface area contributed by atoms with Crippen LogP contribution in [0.2, 0.25) is 0 Å². The maximum Gasteiger partial charge on any atom is 0.319 e. The van der Waals surface area contributed by atoms with Crippen LogP contribution in [0, 0.1) is 0 Å². The molecule has 0 saturated carbocycles. The lowest BCUT2D eigenvalue weighted by molar-refractivity contribution is 0.253. The Balaban J connectivity index is 2.19. The van der Waals surface area contributed by atoms with E-state index in [1.54, 1.807) is 0 Å². The zero-order chi connectivity index (χ0) is 13.2. The average molecular weight is 252 g/mol. The lowest BCUT2D eigenvalue weighted by atomic mass is 10.1. The number of fused-ring (bicyclic) bond motifs is 2. The third-order valence-corrected chi connectivity index (χ3v) is 3.02. The summed E-state index contributed by atoms with van der Waals surface area (Å²) < 4.78 is 0. The van der Waals surface area contributed by atoms with Gasteiger partial charge in [-0.25, -0.2) is 4.79 Å². The number of benzene rings is 2. The average Bonchev–Trinajstić information content (AvgIpc) is 2.41. The maximum atomic E-state index is 11.7. The van der Waals surface area contributed by atoms with Crippen molar-refractivity contribution in [2.24, 2.45) is 16.0 Å². The predicted octanol–water partition coefficient (Wildman–Crippen LogP) is 3.50. The van der Waals surface area contributed by atoms with E-state index in [1.807, 2.05) is 48.5 Å². The number of hydrogen-bond acceptors (Lipinski definition) is 3. The van der Waals surface area contributed by atoms with Gasteiger partial charge in [0.15, 0.2) is 0 Å². The highest BCUT2D eigenvalue weighted by Crippen LogP contribution is 2.35. The third kappa shape index (κ3) is 2.06. The van der Waals surface area contributed by atoms with Gasteiger partial charge in [-0.15, -0.1) is 5.11 Å². The molecular weight excluding hydrogens is 240 g/mol. The van der Waals surface area contributed by atoms with Crippen LogP contribution in [0.15, 0.2) is 58.8 Å². The van der Waals surface area contributed by atoms with Crippen molar-refractivity contribution in [3.05, 3.63) is 54.1 Å². The molecule has 0 atom stereocenters. The monoisotopic (exact) mass is 252 g/mol. The van der Waals surface area contributed by atoms with Gasteiger partial charge in [0.25, 0.3) is 0 Å². The summed E-state index contributed by atoms with van der Waals surface area (Å²) in [5.41, 5.74) is 8.45. The molecule has 0 saturated heterocycles. The van der Waals surface area contributed by atoms with Crippen molar-refractivity contribution in [2.45, 2.75) is 6.54 Å². The van der Waals surface area contributed by atoms with Crippen LogP contribution in [0.5, 0.6) is 0 Å². The summed E-state index contributed by atoms with van der Waals surface area (Å²) in [6.45, 7) is 0.390. The topological polar surface area (TPSA) is 71.1 Å². The number of carbonyl (C=O) groups excluding carboxylic acids is 1. The molecule has 2 amide bonds.